The summed E-state index contributed by atoms with van der Waals surface area (Å²) in [6, 6.07) is 15.1. The molecule has 1 N–H and O–H groups in total. The second kappa shape index (κ2) is 5.34. The SMILES string of the molecule is Cn1c(C(=O)Nc2ccccc2C#N)cc2cccc(F)c21. The molecule has 0 unspecified atom stereocenters. The second-order valence-electron chi connectivity index (χ2n) is 4.88. The number of rotatable bonds is 2. The molecule has 5 heteroatoms. The van der Waals surface area contributed by atoms with Crippen LogP contribution in [0, 0.1) is 17.1 Å². The third-order valence-corrected chi connectivity index (χ3v) is 3.54. The van der Waals surface area contributed by atoms with Gasteiger partial charge in [-0.1, -0.05) is 24.3 Å². The Balaban J connectivity index is 2.02. The second-order valence-corrected chi connectivity index (χ2v) is 4.88. The zero-order valence-corrected chi connectivity index (χ0v) is 11.8. The van der Waals surface area contributed by atoms with Crippen LogP contribution in [0.4, 0.5) is 10.1 Å². The van der Waals surface area contributed by atoms with E-state index < -0.39 is 0 Å². The van der Waals surface area contributed by atoms with Crippen LogP contribution >= 0.6 is 0 Å². The van der Waals surface area contributed by atoms with Crippen molar-refractivity contribution in [2.75, 3.05) is 5.32 Å². The highest BCUT2D eigenvalue weighted by molar-refractivity contribution is 6.07. The van der Waals surface area contributed by atoms with Crippen LogP contribution in [-0.2, 0) is 7.05 Å². The van der Waals surface area contributed by atoms with Gasteiger partial charge in [0.05, 0.1) is 16.8 Å². The maximum absolute atomic E-state index is 13.9. The lowest BCUT2D eigenvalue weighted by molar-refractivity contribution is 0.101. The van der Waals surface area contributed by atoms with E-state index in [1.54, 1.807) is 49.5 Å². The fourth-order valence-corrected chi connectivity index (χ4v) is 2.46. The number of nitriles is 1. The highest BCUT2D eigenvalue weighted by Crippen LogP contribution is 2.23. The summed E-state index contributed by atoms with van der Waals surface area (Å²) in [4.78, 5) is 12.4. The van der Waals surface area contributed by atoms with Crippen molar-refractivity contribution in [1.82, 2.24) is 4.57 Å². The lowest BCUT2D eigenvalue weighted by Crippen LogP contribution is -2.16. The highest BCUT2D eigenvalue weighted by Gasteiger charge is 2.16. The molecule has 4 nitrogen and oxygen atoms in total. The Bertz CT molecular complexity index is 921. The highest BCUT2D eigenvalue weighted by atomic mass is 19.1. The molecule has 0 saturated carbocycles. The summed E-state index contributed by atoms with van der Waals surface area (Å²) < 4.78 is 15.4. The molecular weight excluding hydrogens is 281 g/mol. The Kier molecular flexibility index (Phi) is 3.36. The summed E-state index contributed by atoms with van der Waals surface area (Å²) in [5, 5.41) is 12.4. The number of para-hydroxylation sites is 2. The molecule has 1 heterocycles. The van der Waals surface area contributed by atoms with Crippen LogP contribution in [0.1, 0.15) is 16.1 Å². The monoisotopic (exact) mass is 293 g/mol. The Morgan fingerprint density at radius 1 is 1.23 bits per heavy atom. The molecule has 0 fully saturated rings. The van der Waals surface area contributed by atoms with Gasteiger partial charge in [0.1, 0.15) is 17.6 Å². The molecule has 0 radical (unpaired) electrons. The Labute approximate surface area is 126 Å². The van der Waals surface area contributed by atoms with E-state index in [2.05, 4.69) is 5.32 Å². The minimum atomic E-state index is -0.388. The van der Waals surface area contributed by atoms with E-state index in [0.29, 0.717) is 27.8 Å². The van der Waals surface area contributed by atoms with Crippen molar-refractivity contribution >= 4 is 22.5 Å². The van der Waals surface area contributed by atoms with E-state index in [1.807, 2.05) is 6.07 Å². The van der Waals surface area contributed by atoms with Crippen molar-refractivity contribution in [3.63, 3.8) is 0 Å². The average molecular weight is 293 g/mol. The molecule has 3 rings (SSSR count). The van der Waals surface area contributed by atoms with Gasteiger partial charge in [-0.2, -0.15) is 5.26 Å². The minimum absolute atomic E-state index is 0.327. The summed E-state index contributed by atoms with van der Waals surface area (Å²) in [5.41, 5.74) is 1.51. The van der Waals surface area contributed by atoms with Crippen molar-refractivity contribution in [2.45, 2.75) is 0 Å². The molecule has 0 spiro atoms. The molecule has 0 aliphatic heterocycles. The molecular formula is C17H12FN3O. The topological polar surface area (TPSA) is 57.8 Å². The quantitative estimate of drug-likeness (QED) is 0.786. The number of benzene rings is 2. The summed E-state index contributed by atoms with van der Waals surface area (Å²) >= 11 is 0. The maximum Gasteiger partial charge on any atom is 0.272 e. The fourth-order valence-electron chi connectivity index (χ4n) is 2.46. The van der Waals surface area contributed by atoms with Crippen LogP contribution in [0.3, 0.4) is 0 Å². The molecule has 1 aromatic heterocycles. The van der Waals surface area contributed by atoms with Gasteiger partial charge in [-0.25, -0.2) is 4.39 Å². The number of fused-ring (bicyclic) bond motifs is 1. The zero-order valence-electron chi connectivity index (χ0n) is 11.8. The first kappa shape index (κ1) is 13.8. The van der Waals surface area contributed by atoms with Gasteiger partial charge in [0, 0.05) is 12.4 Å². The molecule has 1 amide bonds. The normalized spacial score (nSPS) is 10.4. The van der Waals surface area contributed by atoms with Crippen molar-refractivity contribution in [3.05, 3.63) is 65.6 Å². The lowest BCUT2D eigenvalue weighted by atomic mass is 10.2. The van der Waals surface area contributed by atoms with Crippen LogP contribution < -0.4 is 5.32 Å². The van der Waals surface area contributed by atoms with Crippen molar-refractivity contribution < 1.29 is 9.18 Å². The number of hydrogen-bond acceptors (Lipinski definition) is 2. The standard InChI is InChI=1S/C17H12FN3O/c1-21-15(9-11-6-4-7-13(18)16(11)21)17(22)20-14-8-3-2-5-12(14)10-19/h2-9H,1H3,(H,20,22). The number of hydrogen-bond donors (Lipinski definition) is 1. The number of amides is 1. The van der Waals surface area contributed by atoms with Gasteiger partial charge in [0.2, 0.25) is 0 Å². The molecule has 108 valence electrons. The van der Waals surface area contributed by atoms with Crippen LogP contribution in [-0.4, -0.2) is 10.5 Å². The number of carbonyl (C=O) groups excluding carboxylic acids is 1. The van der Waals surface area contributed by atoms with Crippen LogP contribution in [0.2, 0.25) is 0 Å². The number of aromatic nitrogens is 1. The number of anilines is 1. The van der Waals surface area contributed by atoms with E-state index in [0.717, 1.165) is 0 Å². The number of carbonyl (C=O) groups is 1. The summed E-state index contributed by atoms with van der Waals surface area (Å²) in [7, 11) is 1.64. The van der Waals surface area contributed by atoms with Gasteiger partial charge in [0.15, 0.2) is 0 Å². The number of nitrogens with one attached hydrogen (secondary N) is 1. The summed E-state index contributed by atoms with van der Waals surface area (Å²) in [6.45, 7) is 0. The van der Waals surface area contributed by atoms with Gasteiger partial charge < -0.3 is 9.88 Å². The van der Waals surface area contributed by atoms with Gasteiger partial charge in [-0.15, -0.1) is 0 Å². The number of aryl methyl sites for hydroxylation is 1. The van der Waals surface area contributed by atoms with Crippen LogP contribution in [0.15, 0.2) is 48.5 Å². The summed E-state index contributed by atoms with van der Waals surface area (Å²) in [6.07, 6.45) is 0. The molecule has 0 aliphatic rings. The zero-order chi connectivity index (χ0) is 15.7. The first-order chi connectivity index (χ1) is 10.6. The van der Waals surface area contributed by atoms with Crippen molar-refractivity contribution in [3.8, 4) is 6.07 Å². The fraction of sp³-hybridized carbons (Fsp3) is 0.0588. The van der Waals surface area contributed by atoms with E-state index in [-0.39, 0.29) is 11.7 Å². The van der Waals surface area contributed by atoms with E-state index in [9.17, 15) is 9.18 Å². The Morgan fingerprint density at radius 2 is 2.00 bits per heavy atom. The predicted molar refractivity (Wildman–Crippen MR) is 82.0 cm³/mol. The van der Waals surface area contributed by atoms with E-state index in [1.165, 1.54) is 10.6 Å². The molecule has 2 aromatic carbocycles. The van der Waals surface area contributed by atoms with E-state index >= 15 is 0 Å². The molecule has 0 aliphatic carbocycles. The number of nitrogens with zero attached hydrogens (tertiary/aromatic N) is 2. The number of halogens is 1. The maximum atomic E-state index is 13.9. The van der Waals surface area contributed by atoms with Crippen LogP contribution in [0.25, 0.3) is 10.9 Å². The van der Waals surface area contributed by atoms with Gasteiger partial charge >= 0.3 is 0 Å². The van der Waals surface area contributed by atoms with Gasteiger partial charge in [-0.05, 0) is 24.3 Å². The molecule has 0 bridgehead atoms. The molecule has 22 heavy (non-hydrogen) atoms. The van der Waals surface area contributed by atoms with Gasteiger partial charge in [-0.3, -0.25) is 4.79 Å². The Morgan fingerprint density at radius 3 is 2.73 bits per heavy atom. The molecule has 0 saturated heterocycles. The van der Waals surface area contributed by atoms with Crippen molar-refractivity contribution in [1.29, 1.82) is 5.26 Å². The largest absolute Gasteiger partial charge is 0.337 e. The third kappa shape index (κ3) is 2.21. The van der Waals surface area contributed by atoms with Crippen LogP contribution in [0.5, 0.6) is 0 Å². The smallest absolute Gasteiger partial charge is 0.272 e. The summed E-state index contributed by atoms with van der Waals surface area (Å²) in [5.74, 6) is -0.766. The Hall–Kier alpha value is -3.13. The average Bonchev–Trinajstić information content (AvgIpc) is 2.86. The lowest BCUT2D eigenvalue weighted by Gasteiger charge is -2.08. The minimum Gasteiger partial charge on any atom is -0.337 e. The van der Waals surface area contributed by atoms with E-state index in [4.69, 9.17) is 5.26 Å². The molecule has 0 atom stereocenters. The predicted octanol–water partition coefficient (Wildman–Crippen LogP) is 3.44. The van der Waals surface area contributed by atoms with Gasteiger partial charge in [0.25, 0.3) is 5.91 Å². The third-order valence-electron chi connectivity index (χ3n) is 3.54. The first-order valence-corrected chi connectivity index (χ1v) is 6.66. The van der Waals surface area contributed by atoms with Crippen molar-refractivity contribution in [2.24, 2.45) is 7.05 Å². The molecule has 3 aromatic rings. The first-order valence-electron chi connectivity index (χ1n) is 6.66.